The SMILES string of the molecule is CN1CC=C(c2cn3c(=O)cc(-c4ccc5c(cnn5C)c4)nc3cn2)CC1. The molecule has 0 aliphatic carbocycles. The van der Waals surface area contributed by atoms with Crippen LogP contribution >= 0.6 is 0 Å². The van der Waals surface area contributed by atoms with E-state index in [9.17, 15) is 4.79 Å². The van der Waals surface area contributed by atoms with Crippen molar-refractivity contribution in [3.63, 3.8) is 0 Å². The molecule has 0 saturated heterocycles. The van der Waals surface area contributed by atoms with Crippen molar-refractivity contribution in [3.05, 3.63) is 65.0 Å². The highest BCUT2D eigenvalue weighted by atomic mass is 16.1. The van der Waals surface area contributed by atoms with Crippen molar-refractivity contribution in [1.29, 1.82) is 0 Å². The molecule has 0 saturated carbocycles. The molecular weight excluding hydrogens is 352 g/mol. The number of rotatable bonds is 2. The lowest BCUT2D eigenvalue weighted by molar-refractivity contribution is 0.369. The average Bonchev–Trinajstić information content (AvgIpc) is 3.08. The predicted molar refractivity (Wildman–Crippen MR) is 109 cm³/mol. The first kappa shape index (κ1) is 16.8. The second-order valence-electron chi connectivity index (χ2n) is 7.26. The van der Waals surface area contributed by atoms with E-state index >= 15 is 0 Å². The molecular formula is C21H20N6O. The summed E-state index contributed by atoms with van der Waals surface area (Å²) in [5.41, 5.74) is 5.03. The molecule has 0 fully saturated rings. The van der Waals surface area contributed by atoms with Gasteiger partial charge in [-0.1, -0.05) is 12.1 Å². The average molecular weight is 372 g/mol. The second-order valence-corrected chi connectivity index (χ2v) is 7.26. The number of likely N-dealkylation sites (N-methyl/N-ethyl adjacent to an activating group) is 1. The molecule has 0 bridgehead atoms. The number of fused-ring (bicyclic) bond motifs is 2. The molecule has 1 aliphatic heterocycles. The number of nitrogens with zero attached hydrogens (tertiary/aromatic N) is 6. The zero-order valence-corrected chi connectivity index (χ0v) is 15.8. The van der Waals surface area contributed by atoms with E-state index < -0.39 is 0 Å². The molecule has 0 radical (unpaired) electrons. The quantitative estimate of drug-likeness (QED) is 0.540. The monoisotopic (exact) mass is 372 g/mol. The van der Waals surface area contributed by atoms with Crippen LogP contribution in [0.4, 0.5) is 0 Å². The Balaban J connectivity index is 1.58. The van der Waals surface area contributed by atoms with Crippen LogP contribution in [0.1, 0.15) is 12.1 Å². The van der Waals surface area contributed by atoms with Crippen LogP contribution in [0.2, 0.25) is 0 Å². The Morgan fingerprint density at radius 1 is 1.07 bits per heavy atom. The first-order chi connectivity index (χ1) is 13.6. The summed E-state index contributed by atoms with van der Waals surface area (Å²) >= 11 is 0. The van der Waals surface area contributed by atoms with Gasteiger partial charge in [-0.2, -0.15) is 5.10 Å². The Labute approximate surface area is 161 Å². The second kappa shape index (κ2) is 6.38. The summed E-state index contributed by atoms with van der Waals surface area (Å²) in [6.07, 6.45) is 8.40. The van der Waals surface area contributed by atoms with Gasteiger partial charge in [0, 0.05) is 43.4 Å². The van der Waals surface area contributed by atoms with Gasteiger partial charge in [-0.3, -0.25) is 18.9 Å². The van der Waals surface area contributed by atoms with Crippen molar-refractivity contribution in [1.82, 2.24) is 29.0 Å². The molecule has 4 aromatic rings. The molecule has 0 atom stereocenters. The van der Waals surface area contributed by atoms with Gasteiger partial charge in [-0.15, -0.1) is 0 Å². The molecule has 1 aliphatic rings. The predicted octanol–water partition coefficient (Wildman–Crippen LogP) is 2.36. The Kier molecular flexibility index (Phi) is 3.84. The van der Waals surface area contributed by atoms with Gasteiger partial charge in [0.1, 0.15) is 0 Å². The van der Waals surface area contributed by atoms with E-state index in [2.05, 4.69) is 33.1 Å². The summed E-state index contributed by atoms with van der Waals surface area (Å²) < 4.78 is 3.40. The van der Waals surface area contributed by atoms with Crippen LogP contribution in [0.15, 0.2) is 53.7 Å². The number of aromatic nitrogens is 5. The minimum atomic E-state index is -0.108. The Morgan fingerprint density at radius 3 is 2.79 bits per heavy atom. The fraction of sp³-hybridized carbons (Fsp3) is 0.238. The molecule has 4 heterocycles. The van der Waals surface area contributed by atoms with Gasteiger partial charge in [0.05, 0.1) is 29.3 Å². The summed E-state index contributed by atoms with van der Waals surface area (Å²) in [4.78, 5) is 24.3. The highest BCUT2D eigenvalue weighted by Gasteiger charge is 2.13. The van der Waals surface area contributed by atoms with Crippen molar-refractivity contribution < 1.29 is 0 Å². The summed E-state index contributed by atoms with van der Waals surface area (Å²) in [7, 11) is 4.01. The summed E-state index contributed by atoms with van der Waals surface area (Å²) in [5, 5.41) is 5.29. The first-order valence-corrected chi connectivity index (χ1v) is 9.28. The molecule has 0 amide bonds. The van der Waals surface area contributed by atoms with Gasteiger partial charge < -0.3 is 4.90 Å². The molecule has 28 heavy (non-hydrogen) atoms. The molecule has 140 valence electrons. The van der Waals surface area contributed by atoms with Gasteiger partial charge in [-0.25, -0.2) is 4.98 Å². The highest BCUT2D eigenvalue weighted by Crippen LogP contribution is 2.23. The third-order valence-corrected chi connectivity index (χ3v) is 5.33. The summed E-state index contributed by atoms with van der Waals surface area (Å²) in [6.45, 7) is 1.90. The smallest absolute Gasteiger partial charge is 0.258 e. The van der Waals surface area contributed by atoms with Crippen molar-refractivity contribution >= 4 is 22.1 Å². The zero-order chi connectivity index (χ0) is 19.3. The Hall–Kier alpha value is -3.32. The largest absolute Gasteiger partial charge is 0.302 e. The maximum atomic E-state index is 12.8. The minimum absolute atomic E-state index is 0.108. The van der Waals surface area contributed by atoms with E-state index in [-0.39, 0.29) is 5.56 Å². The number of hydrogen-bond donors (Lipinski definition) is 0. The maximum Gasteiger partial charge on any atom is 0.258 e. The lowest BCUT2D eigenvalue weighted by Crippen LogP contribution is -2.24. The van der Waals surface area contributed by atoms with Crippen LogP contribution in [-0.4, -0.2) is 49.2 Å². The van der Waals surface area contributed by atoms with Gasteiger partial charge in [-0.05, 0) is 31.2 Å². The van der Waals surface area contributed by atoms with Crippen molar-refractivity contribution in [2.24, 2.45) is 7.05 Å². The first-order valence-electron chi connectivity index (χ1n) is 9.28. The molecule has 1 aromatic carbocycles. The van der Waals surface area contributed by atoms with E-state index in [4.69, 9.17) is 0 Å². The fourth-order valence-corrected chi connectivity index (χ4v) is 3.65. The Morgan fingerprint density at radius 2 is 1.96 bits per heavy atom. The standard InChI is InChI=1S/C21H20N6O/c1-25-7-5-14(6-8-25)18-13-27-20(12-22-18)24-17(10-21(27)28)15-3-4-19-16(9-15)11-23-26(19)2/h3-5,9-13H,6-8H2,1-2H3. The number of benzene rings is 1. The minimum Gasteiger partial charge on any atom is -0.302 e. The van der Waals surface area contributed by atoms with Crippen LogP contribution in [-0.2, 0) is 7.05 Å². The van der Waals surface area contributed by atoms with Gasteiger partial charge in [0.2, 0.25) is 0 Å². The van der Waals surface area contributed by atoms with Crippen molar-refractivity contribution in [2.75, 3.05) is 20.1 Å². The molecule has 7 nitrogen and oxygen atoms in total. The molecule has 0 unspecified atom stereocenters. The maximum absolute atomic E-state index is 12.8. The van der Waals surface area contributed by atoms with Crippen LogP contribution < -0.4 is 5.56 Å². The lowest BCUT2D eigenvalue weighted by Gasteiger charge is -2.21. The van der Waals surface area contributed by atoms with Gasteiger partial charge in [0.25, 0.3) is 5.56 Å². The third kappa shape index (κ3) is 2.80. The highest BCUT2D eigenvalue weighted by molar-refractivity contribution is 5.84. The van der Waals surface area contributed by atoms with Crippen LogP contribution in [0.3, 0.4) is 0 Å². The van der Waals surface area contributed by atoms with Gasteiger partial charge in [0.15, 0.2) is 5.65 Å². The van der Waals surface area contributed by atoms with E-state index in [0.29, 0.717) is 11.3 Å². The molecule has 0 spiro atoms. The topological polar surface area (TPSA) is 68.3 Å². The molecule has 0 N–H and O–H groups in total. The van der Waals surface area contributed by atoms with Crippen molar-refractivity contribution in [2.45, 2.75) is 6.42 Å². The van der Waals surface area contributed by atoms with E-state index in [0.717, 1.165) is 41.7 Å². The van der Waals surface area contributed by atoms with Crippen LogP contribution in [0.25, 0.3) is 33.4 Å². The van der Waals surface area contributed by atoms with E-state index in [1.54, 1.807) is 22.9 Å². The normalized spacial score (nSPS) is 15.3. The zero-order valence-electron chi connectivity index (χ0n) is 15.8. The third-order valence-electron chi connectivity index (χ3n) is 5.33. The molecule has 7 heteroatoms. The van der Waals surface area contributed by atoms with E-state index in [1.165, 1.54) is 5.57 Å². The van der Waals surface area contributed by atoms with Crippen molar-refractivity contribution in [3.8, 4) is 11.3 Å². The van der Waals surface area contributed by atoms with E-state index in [1.807, 2.05) is 36.1 Å². The van der Waals surface area contributed by atoms with Gasteiger partial charge >= 0.3 is 0 Å². The number of hydrogen-bond acceptors (Lipinski definition) is 5. The molecule has 3 aromatic heterocycles. The fourth-order valence-electron chi connectivity index (χ4n) is 3.65. The summed E-state index contributed by atoms with van der Waals surface area (Å²) in [6, 6.07) is 7.55. The Bertz CT molecular complexity index is 1300. The van der Waals surface area contributed by atoms with Crippen LogP contribution in [0.5, 0.6) is 0 Å². The number of aryl methyl sites for hydroxylation is 1. The lowest BCUT2D eigenvalue weighted by atomic mass is 10.1. The van der Waals surface area contributed by atoms with Crippen LogP contribution in [0, 0.1) is 0 Å². The summed E-state index contributed by atoms with van der Waals surface area (Å²) in [5.74, 6) is 0. The molecule has 5 rings (SSSR count).